The first kappa shape index (κ1) is 14.4. The highest BCUT2D eigenvalue weighted by Crippen LogP contribution is 2.05. The molecule has 5 nitrogen and oxygen atoms in total. The molecular weight excluding hydrogens is 228 g/mol. The van der Waals surface area contributed by atoms with Crippen molar-refractivity contribution in [2.24, 2.45) is 0 Å². The maximum absolute atomic E-state index is 12.0. The predicted molar refractivity (Wildman–Crippen MR) is 72.7 cm³/mol. The van der Waals surface area contributed by atoms with Crippen LogP contribution >= 0.6 is 0 Å². The fourth-order valence-corrected chi connectivity index (χ4v) is 1.61. The zero-order valence-corrected chi connectivity index (χ0v) is 11.4. The predicted octanol–water partition coefficient (Wildman–Crippen LogP) is 2.17. The summed E-state index contributed by atoms with van der Waals surface area (Å²) in [5.41, 5.74) is 0.403. The Morgan fingerprint density at radius 2 is 1.94 bits per heavy atom. The number of carbonyl (C=O) groups is 1. The van der Waals surface area contributed by atoms with Crippen molar-refractivity contribution in [1.29, 1.82) is 0 Å². The number of aromatic nitrogens is 2. The van der Waals surface area contributed by atoms with E-state index in [4.69, 9.17) is 0 Å². The van der Waals surface area contributed by atoms with Gasteiger partial charge in [-0.3, -0.25) is 4.79 Å². The topological polar surface area (TPSA) is 58.1 Å². The number of anilines is 1. The minimum atomic E-state index is -0.0624. The van der Waals surface area contributed by atoms with E-state index < -0.39 is 0 Å². The summed E-state index contributed by atoms with van der Waals surface area (Å²) in [6.45, 7) is 8.31. The summed E-state index contributed by atoms with van der Waals surface area (Å²) in [5, 5.41) is 11.2. The summed E-state index contributed by atoms with van der Waals surface area (Å²) >= 11 is 0. The quantitative estimate of drug-likeness (QED) is 0.753. The second-order valence-electron chi connectivity index (χ2n) is 4.06. The number of carbonyl (C=O) groups excluding carboxylic acids is 1. The molecule has 100 valence electrons. The van der Waals surface area contributed by atoms with Crippen LogP contribution in [0.4, 0.5) is 5.82 Å². The van der Waals surface area contributed by atoms with Gasteiger partial charge in [0.25, 0.3) is 5.91 Å². The molecule has 0 radical (unpaired) electrons. The Bertz CT molecular complexity index is 360. The molecular formula is C13H22N4O. The Morgan fingerprint density at radius 1 is 1.22 bits per heavy atom. The third kappa shape index (κ3) is 3.98. The Labute approximate surface area is 109 Å². The van der Waals surface area contributed by atoms with E-state index in [1.165, 1.54) is 0 Å². The van der Waals surface area contributed by atoms with Crippen molar-refractivity contribution in [1.82, 2.24) is 15.1 Å². The van der Waals surface area contributed by atoms with Crippen molar-refractivity contribution in [3.8, 4) is 0 Å². The molecule has 1 aromatic rings. The van der Waals surface area contributed by atoms with Crippen LogP contribution in [0, 0.1) is 0 Å². The van der Waals surface area contributed by atoms with Crippen LogP contribution in [0.15, 0.2) is 12.1 Å². The first-order valence-corrected chi connectivity index (χ1v) is 6.59. The number of unbranched alkanes of at least 4 members (excludes halogenated alkanes) is 1. The number of nitrogens with one attached hydrogen (secondary N) is 1. The fraction of sp³-hybridized carbons (Fsp3) is 0.615. The third-order valence-corrected chi connectivity index (χ3v) is 2.77. The molecule has 0 spiro atoms. The van der Waals surface area contributed by atoms with Crippen molar-refractivity contribution in [2.45, 2.75) is 33.6 Å². The minimum absolute atomic E-state index is 0.0624. The second kappa shape index (κ2) is 7.63. The average Bonchev–Trinajstić information content (AvgIpc) is 2.41. The van der Waals surface area contributed by atoms with Crippen molar-refractivity contribution in [3.63, 3.8) is 0 Å². The van der Waals surface area contributed by atoms with Gasteiger partial charge in [-0.05, 0) is 32.4 Å². The number of amides is 1. The molecule has 0 bridgehead atoms. The van der Waals surface area contributed by atoms with Crippen molar-refractivity contribution in [2.75, 3.05) is 25.0 Å². The molecule has 1 N–H and O–H groups in total. The smallest absolute Gasteiger partial charge is 0.274 e. The average molecular weight is 250 g/mol. The van der Waals surface area contributed by atoms with Gasteiger partial charge in [0, 0.05) is 19.6 Å². The standard InChI is InChI=1S/C13H22N4O/c1-4-7-10-14-12-9-8-11(15-16-12)13(18)17(5-2)6-3/h8-9H,4-7,10H2,1-3H3,(H,14,16). The summed E-state index contributed by atoms with van der Waals surface area (Å²) in [6.07, 6.45) is 2.24. The van der Waals surface area contributed by atoms with Gasteiger partial charge in [0.1, 0.15) is 5.82 Å². The van der Waals surface area contributed by atoms with Gasteiger partial charge in [0.05, 0.1) is 0 Å². The largest absolute Gasteiger partial charge is 0.369 e. The normalized spacial score (nSPS) is 10.2. The van der Waals surface area contributed by atoms with E-state index in [1.807, 2.05) is 13.8 Å². The summed E-state index contributed by atoms with van der Waals surface area (Å²) in [4.78, 5) is 13.7. The van der Waals surface area contributed by atoms with Crippen LogP contribution in [-0.2, 0) is 0 Å². The molecule has 0 aliphatic rings. The van der Waals surface area contributed by atoms with Gasteiger partial charge in [-0.1, -0.05) is 13.3 Å². The lowest BCUT2D eigenvalue weighted by Crippen LogP contribution is -2.31. The minimum Gasteiger partial charge on any atom is -0.369 e. The van der Waals surface area contributed by atoms with Crippen LogP contribution in [0.5, 0.6) is 0 Å². The zero-order chi connectivity index (χ0) is 13.4. The molecule has 0 aromatic carbocycles. The molecule has 5 heteroatoms. The highest BCUT2D eigenvalue weighted by atomic mass is 16.2. The van der Waals surface area contributed by atoms with Crippen LogP contribution in [0.3, 0.4) is 0 Å². The van der Waals surface area contributed by atoms with E-state index >= 15 is 0 Å². The molecule has 18 heavy (non-hydrogen) atoms. The maximum atomic E-state index is 12.0. The number of hydrogen-bond acceptors (Lipinski definition) is 4. The molecule has 0 aliphatic carbocycles. The van der Waals surface area contributed by atoms with Gasteiger partial charge >= 0.3 is 0 Å². The van der Waals surface area contributed by atoms with E-state index in [-0.39, 0.29) is 5.91 Å². The number of rotatable bonds is 7. The monoisotopic (exact) mass is 250 g/mol. The van der Waals surface area contributed by atoms with Crippen LogP contribution in [-0.4, -0.2) is 40.6 Å². The number of hydrogen-bond donors (Lipinski definition) is 1. The molecule has 1 rings (SSSR count). The van der Waals surface area contributed by atoms with Crippen LogP contribution in [0.25, 0.3) is 0 Å². The van der Waals surface area contributed by atoms with E-state index in [2.05, 4.69) is 22.4 Å². The van der Waals surface area contributed by atoms with Gasteiger partial charge in [-0.2, -0.15) is 0 Å². The third-order valence-electron chi connectivity index (χ3n) is 2.77. The van der Waals surface area contributed by atoms with Gasteiger partial charge in [0.2, 0.25) is 0 Å². The van der Waals surface area contributed by atoms with Crippen molar-refractivity contribution >= 4 is 11.7 Å². The Balaban J connectivity index is 2.61. The summed E-state index contributed by atoms with van der Waals surface area (Å²) in [6, 6.07) is 3.53. The lowest BCUT2D eigenvalue weighted by molar-refractivity contribution is 0.0766. The second-order valence-corrected chi connectivity index (χ2v) is 4.06. The van der Waals surface area contributed by atoms with Crippen LogP contribution < -0.4 is 5.32 Å². The van der Waals surface area contributed by atoms with Crippen molar-refractivity contribution < 1.29 is 4.79 Å². The van der Waals surface area contributed by atoms with E-state index in [0.29, 0.717) is 18.8 Å². The van der Waals surface area contributed by atoms with Gasteiger partial charge in [0.15, 0.2) is 5.69 Å². The Morgan fingerprint density at radius 3 is 2.44 bits per heavy atom. The lowest BCUT2D eigenvalue weighted by atomic mass is 10.3. The molecule has 1 heterocycles. The Hall–Kier alpha value is -1.65. The first-order chi connectivity index (χ1) is 8.72. The summed E-state index contributed by atoms with van der Waals surface area (Å²) < 4.78 is 0. The summed E-state index contributed by atoms with van der Waals surface area (Å²) in [5.74, 6) is 0.659. The van der Waals surface area contributed by atoms with E-state index in [9.17, 15) is 4.79 Å². The first-order valence-electron chi connectivity index (χ1n) is 6.59. The molecule has 0 unspecified atom stereocenters. The van der Waals surface area contributed by atoms with Crippen molar-refractivity contribution in [3.05, 3.63) is 17.8 Å². The molecule has 0 saturated carbocycles. The number of nitrogens with zero attached hydrogens (tertiary/aromatic N) is 3. The molecule has 0 saturated heterocycles. The molecule has 0 atom stereocenters. The highest BCUT2D eigenvalue weighted by Gasteiger charge is 2.14. The Kier molecular flexibility index (Phi) is 6.11. The highest BCUT2D eigenvalue weighted by molar-refractivity contribution is 5.92. The molecule has 1 amide bonds. The SMILES string of the molecule is CCCCNc1ccc(C(=O)N(CC)CC)nn1. The van der Waals surface area contributed by atoms with Crippen LogP contribution in [0.2, 0.25) is 0 Å². The van der Waals surface area contributed by atoms with Gasteiger partial charge in [-0.15, -0.1) is 10.2 Å². The van der Waals surface area contributed by atoms with E-state index in [1.54, 1.807) is 17.0 Å². The zero-order valence-electron chi connectivity index (χ0n) is 11.4. The fourth-order valence-electron chi connectivity index (χ4n) is 1.61. The molecule has 0 fully saturated rings. The maximum Gasteiger partial charge on any atom is 0.274 e. The molecule has 1 aromatic heterocycles. The molecule has 0 aliphatic heterocycles. The van der Waals surface area contributed by atoms with Crippen LogP contribution in [0.1, 0.15) is 44.1 Å². The van der Waals surface area contributed by atoms with Gasteiger partial charge in [-0.25, -0.2) is 0 Å². The summed E-state index contributed by atoms with van der Waals surface area (Å²) in [7, 11) is 0. The van der Waals surface area contributed by atoms with E-state index in [0.717, 1.165) is 25.2 Å². The lowest BCUT2D eigenvalue weighted by Gasteiger charge is -2.17. The van der Waals surface area contributed by atoms with Gasteiger partial charge < -0.3 is 10.2 Å².